The SMILES string of the molecule is O=S(=O)(c1c(F)cccc1F)N1CC(c2nc(-c3ccsc3)no2)C1. The second-order valence-corrected chi connectivity index (χ2v) is 8.19. The molecule has 3 heterocycles. The monoisotopic (exact) mass is 383 g/mol. The standard InChI is InChI=1S/C15H11F2N3O3S2/c16-11-2-1-3-12(17)13(11)25(21,22)20-6-10(7-20)15-18-14(19-23-15)9-4-5-24-8-9/h1-5,8,10H,6-7H2. The highest BCUT2D eigenvalue weighted by molar-refractivity contribution is 7.89. The molecule has 1 aliphatic rings. The predicted molar refractivity (Wildman–Crippen MR) is 85.5 cm³/mol. The molecule has 1 saturated heterocycles. The first-order chi connectivity index (χ1) is 12.0. The minimum atomic E-state index is -4.25. The molecular formula is C15H11F2N3O3S2. The number of benzene rings is 1. The molecule has 0 unspecified atom stereocenters. The summed E-state index contributed by atoms with van der Waals surface area (Å²) in [7, 11) is -4.25. The van der Waals surface area contributed by atoms with Crippen LogP contribution in [0.1, 0.15) is 11.8 Å². The number of sulfonamides is 1. The van der Waals surface area contributed by atoms with Crippen LogP contribution < -0.4 is 0 Å². The Morgan fingerprint density at radius 3 is 2.56 bits per heavy atom. The summed E-state index contributed by atoms with van der Waals surface area (Å²) in [6.45, 7) is 0.0583. The van der Waals surface area contributed by atoms with Crippen molar-refractivity contribution in [1.82, 2.24) is 14.4 Å². The predicted octanol–water partition coefficient (Wildman–Crippen LogP) is 2.86. The van der Waals surface area contributed by atoms with Gasteiger partial charge in [-0.05, 0) is 23.6 Å². The number of thiophene rings is 1. The zero-order chi connectivity index (χ0) is 17.6. The molecule has 1 aromatic carbocycles. The molecule has 1 aliphatic heterocycles. The number of rotatable bonds is 4. The number of nitrogens with zero attached hydrogens (tertiary/aromatic N) is 3. The Hall–Kier alpha value is -2.17. The van der Waals surface area contributed by atoms with Crippen LogP contribution in [0.25, 0.3) is 11.4 Å². The van der Waals surface area contributed by atoms with Crippen LogP contribution >= 0.6 is 11.3 Å². The van der Waals surface area contributed by atoms with E-state index < -0.39 is 26.6 Å². The zero-order valence-corrected chi connectivity index (χ0v) is 14.2. The molecule has 0 N–H and O–H groups in total. The summed E-state index contributed by atoms with van der Waals surface area (Å²) in [6, 6.07) is 4.79. The molecule has 130 valence electrons. The summed E-state index contributed by atoms with van der Waals surface area (Å²) in [5.74, 6) is -1.79. The second-order valence-electron chi connectivity index (χ2n) is 5.54. The van der Waals surface area contributed by atoms with Crippen molar-refractivity contribution in [3.05, 3.63) is 52.6 Å². The van der Waals surface area contributed by atoms with E-state index in [9.17, 15) is 17.2 Å². The number of hydrogen-bond donors (Lipinski definition) is 0. The highest BCUT2D eigenvalue weighted by Crippen LogP contribution is 2.33. The van der Waals surface area contributed by atoms with E-state index >= 15 is 0 Å². The van der Waals surface area contributed by atoms with Crippen LogP contribution in [0.15, 0.2) is 44.4 Å². The normalized spacial score (nSPS) is 16.1. The Kier molecular flexibility index (Phi) is 3.89. The summed E-state index contributed by atoms with van der Waals surface area (Å²) in [6.07, 6.45) is 0. The Bertz CT molecular complexity index is 992. The summed E-state index contributed by atoms with van der Waals surface area (Å²) < 4.78 is 58.5. The van der Waals surface area contributed by atoms with Crippen LogP contribution in [0.5, 0.6) is 0 Å². The van der Waals surface area contributed by atoms with E-state index in [1.165, 1.54) is 11.3 Å². The van der Waals surface area contributed by atoms with E-state index in [0.717, 1.165) is 28.1 Å². The number of aromatic nitrogens is 2. The van der Waals surface area contributed by atoms with Crippen LogP contribution in [0.2, 0.25) is 0 Å². The lowest BCUT2D eigenvalue weighted by Crippen LogP contribution is -2.48. The first-order valence-corrected chi connectivity index (χ1v) is 9.65. The van der Waals surface area contributed by atoms with Gasteiger partial charge >= 0.3 is 0 Å². The molecule has 0 bridgehead atoms. The lowest BCUT2D eigenvalue weighted by molar-refractivity contribution is 0.215. The summed E-state index contributed by atoms with van der Waals surface area (Å²) >= 11 is 1.50. The molecule has 0 spiro atoms. The van der Waals surface area contributed by atoms with Gasteiger partial charge in [-0.3, -0.25) is 0 Å². The average molecular weight is 383 g/mol. The summed E-state index contributed by atoms with van der Waals surface area (Å²) in [5.41, 5.74) is 0.817. The maximum Gasteiger partial charge on any atom is 0.248 e. The van der Waals surface area contributed by atoms with Gasteiger partial charge in [0.25, 0.3) is 0 Å². The molecule has 0 atom stereocenters. The molecule has 0 amide bonds. The second kappa shape index (κ2) is 5.97. The maximum atomic E-state index is 13.8. The van der Waals surface area contributed by atoms with Gasteiger partial charge in [-0.1, -0.05) is 11.2 Å². The van der Waals surface area contributed by atoms with Crippen molar-refractivity contribution in [2.75, 3.05) is 13.1 Å². The molecule has 0 saturated carbocycles. The molecule has 0 radical (unpaired) electrons. The lowest BCUT2D eigenvalue weighted by atomic mass is 10.0. The smallest absolute Gasteiger partial charge is 0.248 e. The van der Waals surface area contributed by atoms with Crippen molar-refractivity contribution < 1.29 is 21.7 Å². The largest absolute Gasteiger partial charge is 0.339 e. The Morgan fingerprint density at radius 1 is 1.20 bits per heavy atom. The third-order valence-electron chi connectivity index (χ3n) is 3.94. The molecule has 6 nitrogen and oxygen atoms in total. The van der Waals surface area contributed by atoms with Crippen molar-refractivity contribution in [2.24, 2.45) is 0 Å². The minimum absolute atomic E-state index is 0.0291. The van der Waals surface area contributed by atoms with Gasteiger partial charge in [0.2, 0.25) is 21.7 Å². The molecule has 1 fully saturated rings. The van der Waals surface area contributed by atoms with Crippen LogP contribution in [-0.2, 0) is 10.0 Å². The molecule has 25 heavy (non-hydrogen) atoms. The summed E-state index contributed by atoms with van der Waals surface area (Å²) in [4.78, 5) is 3.33. The zero-order valence-electron chi connectivity index (χ0n) is 12.6. The Morgan fingerprint density at radius 2 is 1.92 bits per heavy atom. The van der Waals surface area contributed by atoms with Crippen molar-refractivity contribution in [2.45, 2.75) is 10.8 Å². The van der Waals surface area contributed by atoms with E-state index in [1.54, 1.807) is 0 Å². The fourth-order valence-electron chi connectivity index (χ4n) is 2.56. The Labute approximate surface area is 145 Å². The maximum absolute atomic E-state index is 13.8. The molecule has 3 aromatic rings. The third kappa shape index (κ3) is 2.75. The van der Waals surface area contributed by atoms with Gasteiger partial charge in [0, 0.05) is 24.0 Å². The van der Waals surface area contributed by atoms with Crippen LogP contribution in [0.4, 0.5) is 8.78 Å². The van der Waals surface area contributed by atoms with Gasteiger partial charge < -0.3 is 4.52 Å². The number of halogens is 2. The minimum Gasteiger partial charge on any atom is -0.339 e. The van der Waals surface area contributed by atoms with Crippen LogP contribution in [0, 0.1) is 11.6 Å². The van der Waals surface area contributed by atoms with Gasteiger partial charge in [-0.15, -0.1) is 0 Å². The van der Waals surface area contributed by atoms with Crippen molar-refractivity contribution in [3.8, 4) is 11.4 Å². The van der Waals surface area contributed by atoms with Gasteiger partial charge in [0.1, 0.15) is 11.6 Å². The van der Waals surface area contributed by atoms with Crippen LogP contribution in [-0.4, -0.2) is 36.0 Å². The van der Waals surface area contributed by atoms with E-state index in [-0.39, 0.29) is 19.0 Å². The van der Waals surface area contributed by atoms with Gasteiger partial charge in [0.15, 0.2) is 4.90 Å². The average Bonchev–Trinajstić information content (AvgIpc) is 3.15. The number of hydrogen-bond acceptors (Lipinski definition) is 6. The summed E-state index contributed by atoms with van der Waals surface area (Å²) in [5, 5.41) is 7.62. The van der Waals surface area contributed by atoms with Gasteiger partial charge in [-0.2, -0.15) is 20.6 Å². The van der Waals surface area contributed by atoms with Crippen molar-refractivity contribution in [1.29, 1.82) is 0 Å². The molecule has 10 heteroatoms. The first kappa shape index (κ1) is 16.3. The highest BCUT2D eigenvalue weighted by atomic mass is 32.2. The highest BCUT2D eigenvalue weighted by Gasteiger charge is 2.42. The Balaban J connectivity index is 1.52. The fraction of sp³-hybridized carbons (Fsp3) is 0.200. The topological polar surface area (TPSA) is 76.3 Å². The molecule has 0 aliphatic carbocycles. The molecule has 2 aromatic heterocycles. The van der Waals surface area contributed by atoms with E-state index in [4.69, 9.17) is 4.52 Å². The molecular weight excluding hydrogens is 372 g/mol. The quantitative estimate of drug-likeness (QED) is 0.692. The fourth-order valence-corrected chi connectivity index (χ4v) is 4.83. The third-order valence-corrected chi connectivity index (χ3v) is 6.50. The lowest BCUT2D eigenvalue weighted by Gasteiger charge is -2.35. The van der Waals surface area contributed by atoms with Gasteiger partial charge in [0.05, 0.1) is 5.92 Å². The first-order valence-electron chi connectivity index (χ1n) is 7.27. The van der Waals surface area contributed by atoms with Gasteiger partial charge in [-0.25, -0.2) is 17.2 Å². The van der Waals surface area contributed by atoms with Crippen molar-refractivity contribution >= 4 is 21.4 Å². The van der Waals surface area contributed by atoms with Crippen LogP contribution in [0.3, 0.4) is 0 Å². The molecule has 4 rings (SSSR count). The van der Waals surface area contributed by atoms with E-state index in [2.05, 4.69) is 10.1 Å². The van der Waals surface area contributed by atoms with E-state index in [1.807, 2.05) is 16.8 Å². The van der Waals surface area contributed by atoms with Crippen molar-refractivity contribution in [3.63, 3.8) is 0 Å². The van der Waals surface area contributed by atoms with E-state index in [0.29, 0.717) is 11.7 Å².